The summed E-state index contributed by atoms with van der Waals surface area (Å²) in [6.07, 6.45) is 0. The van der Waals surface area contributed by atoms with Crippen molar-refractivity contribution in [3.63, 3.8) is 0 Å². The summed E-state index contributed by atoms with van der Waals surface area (Å²) in [5.41, 5.74) is 17.9. The highest BCUT2D eigenvalue weighted by atomic mass is 15.1. The van der Waals surface area contributed by atoms with Crippen molar-refractivity contribution < 1.29 is 0 Å². The van der Waals surface area contributed by atoms with Crippen molar-refractivity contribution in [3.8, 4) is 22.3 Å². The number of benzene rings is 7. The van der Waals surface area contributed by atoms with Crippen LogP contribution >= 0.6 is 0 Å². The van der Waals surface area contributed by atoms with E-state index in [4.69, 9.17) is 0 Å². The molecule has 0 saturated carbocycles. The van der Waals surface area contributed by atoms with Crippen molar-refractivity contribution in [2.45, 2.75) is 52.9 Å². The summed E-state index contributed by atoms with van der Waals surface area (Å²) < 4.78 is 2.35. The Morgan fingerprint density at radius 3 is 2.06 bits per heavy atom. The third-order valence-electron chi connectivity index (χ3n) is 11.6. The van der Waals surface area contributed by atoms with Crippen LogP contribution in [0.25, 0.3) is 54.8 Å². The molecular formula is C49H44N2. The van der Waals surface area contributed by atoms with Crippen LogP contribution < -0.4 is 4.90 Å². The van der Waals surface area contributed by atoms with Gasteiger partial charge in [0.1, 0.15) is 0 Å². The first-order chi connectivity index (χ1) is 24.6. The smallest absolute Gasteiger partial charge is 0.0543 e. The number of hydrogen-bond donors (Lipinski definition) is 0. The number of rotatable bonds is 5. The van der Waals surface area contributed by atoms with Gasteiger partial charge in [-0.05, 0) is 94.4 Å². The average Bonchev–Trinajstić information content (AvgIpc) is 3.54. The highest BCUT2D eigenvalue weighted by molar-refractivity contribution is 6.12. The lowest BCUT2D eigenvalue weighted by Crippen LogP contribution is -2.17. The monoisotopic (exact) mass is 660 g/mol. The minimum Gasteiger partial charge on any atom is -0.344 e. The van der Waals surface area contributed by atoms with Gasteiger partial charge in [0.15, 0.2) is 0 Å². The van der Waals surface area contributed by atoms with Crippen LogP contribution in [-0.2, 0) is 12.5 Å². The van der Waals surface area contributed by atoms with E-state index in [-0.39, 0.29) is 5.41 Å². The number of para-hydroxylation sites is 1. The Morgan fingerprint density at radius 2 is 1.25 bits per heavy atom. The molecule has 0 bridgehead atoms. The van der Waals surface area contributed by atoms with Gasteiger partial charge in [0, 0.05) is 45.4 Å². The van der Waals surface area contributed by atoms with Crippen molar-refractivity contribution in [1.29, 1.82) is 0 Å². The molecule has 1 heterocycles. The minimum atomic E-state index is -0.152. The summed E-state index contributed by atoms with van der Waals surface area (Å²) in [7, 11) is 2.20. The highest BCUT2D eigenvalue weighted by Gasteiger charge is 2.38. The standard InChI is InChI=1S/C49H44N2/c1-30(2)34-16-8-10-19-38(34)47-32(4)15-14-22-44(47)51(33-24-26-37-35-17-12-13-21-43(35)50(7)45(37)28-33)46-29-42-48(39-20-11-9-18-36(39)46)40-25-23-31(3)27-41(40)49(42,5)6/h8-30H,1-7H3. The van der Waals surface area contributed by atoms with Gasteiger partial charge < -0.3 is 9.47 Å². The molecule has 2 nitrogen and oxygen atoms in total. The maximum Gasteiger partial charge on any atom is 0.0543 e. The van der Waals surface area contributed by atoms with E-state index in [0.29, 0.717) is 5.92 Å². The molecule has 0 fully saturated rings. The Balaban J connectivity index is 1.41. The second-order valence-electron chi connectivity index (χ2n) is 15.4. The second-order valence-corrected chi connectivity index (χ2v) is 15.4. The SMILES string of the molecule is Cc1ccc2c(c1)C(C)(C)c1cc(N(c3ccc4c5ccccc5n(C)c4c3)c3cccc(C)c3-c3ccccc3C(C)C)c3ccccc3c1-2. The molecule has 9 rings (SSSR count). The van der Waals surface area contributed by atoms with E-state index in [1.165, 1.54) is 94.0 Å². The van der Waals surface area contributed by atoms with Crippen LogP contribution in [0.15, 0.2) is 133 Å². The Labute approximate surface area is 301 Å². The maximum atomic E-state index is 2.56. The van der Waals surface area contributed by atoms with Crippen molar-refractivity contribution in [2.75, 3.05) is 4.90 Å². The van der Waals surface area contributed by atoms with E-state index in [0.717, 1.165) is 5.69 Å². The second kappa shape index (κ2) is 11.5. The molecule has 0 atom stereocenters. The van der Waals surface area contributed by atoms with E-state index in [9.17, 15) is 0 Å². The lowest BCUT2D eigenvalue weighted by Gasteiger charge is -2.32. The molecular weight excluding hydrogens is 617 g/mol. The van der Waals surface area contributed by atoms with Gasteiger partial charge in [-0.2, -0.15) is 0 Å². The lowest BCUT2D eigenvalue weighted by atomic mass is 9.81. The van der Waals surface area contributed by atoms with E-state index < -0.39 is 0 Å². The lowest BCUT2D eigenvalue weighted by molar-refractivity contribution is 0.660. The fourth-order valence-electron chi connectivity index (χ4n) is 8.98. The fourth-order valence-corrected chi connectivity index (χ4v) is 8.98. The Bertz CT molecular complexity index is 2690. The third-order valence-corrected chi connectivity index (χ3v) is 11.6. The zero-order valence-electron chi connectivity index (χ0n) is 30.7. The molecule has 0 spiro atoms. The van der Waals surface area contributed by atoms with Gasteiger partial charge in [0.25, 0.3) is 0 Å². The van der Waals surface area contributed by atoms with Crippen molar-refractivity contribution >= 4 is 49.6 Å². The zero-order valence-corrected chi connectivity index (χ0v) is 30.7. The van der Waals surface area contributed by atoms with Gasteiger partial charge in [-0.1, -0.05) is 136 Å². The molecule has 1 aliphatic carbocycles. The predicted octanol–water partition coefficient (Wildman–Crippen LogP) is 13.7. The van der Waals surface area contributed by atoms with Gasteiger partial charge in [-0.25, -0.2) is 0 Å². The molecule has 0 N–H and O–H groups in total. The number of nitrogens with zero attached hydrogens (tertiary/aromatic N) is 2. The van der Waals surface area contributed by atoms with Gasteiger partial charge in [0.05, 0.1) is 16.9 Å². The summed E-state index contributed by atoms with van der Waals surface area (Å²) in [6.45, 7) is 13.9. The molecule has 1 aromatic heterocycles. The predicted molar refractivity (Wildman–Crippen MR) is 219 cm³/mol. The number of aromatic nitrogens is 1. The maximum absolute atomic E-state index is 2.56. The van der Waals surface area contributed by atoms with E-state index >= 15 is 0 Å². The minimum absolute atomic E-state index is 0.152. The molecule has 2 heteroatoms. The molecule has 8 aromatic rings. The van der Waals surface area contributed by atoms with Crippen LogP contribution in [-0.4, -0.2) is 4.57 Å². The van der Waals surface area contributed by atoms with Crippen LogP contribution in [0.2, 0.25) is 0 Å². The Hall–Kier alpha value is -5.60. The van der Waals surface area contributed by atoms with Crippen molar-refractivity contribution in [1.82, 2.24) is 4.57 Å². The van der Waals surface area contributed by atoms with Crippen LogP contribution in [0, 0.1) is 13.8 Å². The molecule has 51 heavy (non-hydrogen) atoms. The van der Waals surface area contributed by atoms with Crippen LogP contribution in [0.3, 0.4) is 0 Å². The topological polar surface area (TPSA) is 8.17 Å². The quantitative estimate of drug-likeness (QED) is 0.178. The van der Waals surface area contributed by atoms with Crippen molar-refractivity contribution in [2.24, 2.45) is 7.05 Å². The Morgan fingerprint density at radius 1 is 0.549 bits per heavy atom. The summed E-state index contributed by atoms with van der Waals surface area (Å²) in [4.78, 5) is 2.56. The summed E-state index contributed by atoms with van der Waals surface area (Å²) >= 11 is 0. The largest absolute Gasteiger partial charge is 0.344 e. The first-order valence-corrected chi connectivity index (χ1v) is 18.3. The molecule has 0 unspecified atom stereocenters. The van der Waals surface area contributed by atoms with E-state index in [2.05, 4.69) is 192 Å². The van der Waals surface area contributed by atoms with Gasteiger partial charge in [-0.3, -0.25) is 0 Å². The van der Waals surface area contributed by atoms with Crippen molar-refractivity contribution in [3.05, 3.63) is 161 Å². The molecule has 0 amide bonds. The summed E-state index contributed by atoms with van der Waals surface area (Å²) in [5.74, 6) is 0.387. The molecule has 7 aromatic carbocycles. The normalized spacial score (nSPS) is 13.3. The number of anilines is 3. The van der Waals surface area contributed by atoms with E-state index in [1.807, 2.05) is 0 Å². The number of aryl methyl sites for hydroxylation is 3. The van der Waals surface area contributed by atoms with Gasteiger partial charge in [0.2, 0.25) is 0 Å². The zero-order chi connectivity index (χ0) is 35.2. The van der Waals surface area contributed by atoms with Gasteiger partial charge >= 0.3 is 0 Å². The molecule has 1 aliphatic rings. The van der Waals surface area contributed by atoms with Crippen LogP contribution in [0.4, 0.5) is 17.1 Å². The number of fused-ring (bicyclic) bond motifs is 8. The Kier molecular flexibility index (Phi) is 7.06. The fraction of sp³-hybridized carbons (Fsp3) is 0.184. The van der Waals surface area contributed by atoms with Gasteiger partial charge in [-0.15, -0.1) is 0 Å². The molecule has 0 saturated heterocycles. The first-order valence-electron chi connectivity index (χ1n) is 18.3. The molecule has 0 aliphatic heterocycles. The van der Waals surface area contributed by atoms with Crippen LogP contribution in [0.5, 0.6) is 0 Å². The summed E-state index contributed by atoms with van der Waals surface area (Å²) in [6, 6.07) is 50.2. The average molecular weight is 661 g/mol. The third kappa shape index (κ3) is 4.62. The highest BCUT2D eigenvalue weighted by Crippen LogP contribution is 2.55. The first kappa shape index (κ1) is 31.4. The van der Waals surface area contributed by atoms with E-state index in [1.54, 1.807) is 0 Å². The molecule has 0 radical (unpaired) electrons. The summed E-state index contributed by atoms with van der Waals surface area (Å²) in [5, 5.41) is 5.11. The molecule has 250 valence electrons. The van der Waals surface area contributed by atoms with Crippen LogP contribution in [0.1, 0.15) is 61.4 Å². The number of hydrogen-bond acceptors (Lipinski definition) is 1.